The number of morpholine rings is 1. The van der Waals surface area contributed by atoms with Crippen LogP contribution < -0.4 is 0 Å². The topological polar surface area (TPSA) is 66.8 Å². The van der Waals surface area contributed by atoms with Gasteiger partial charge in [0.25, 0.3) is 0 Å². The third-order valence-corrected chi connectivity index (χ3v) is 5.96. The van der Waals surface area contributed by atoms with Crippen LogP contribution in [0.1, 0.15) is 49.5 Å². The molecule has 0 radical (unpaired) electrons. The lowest BCUT2D eigenvalue weighted by atomic mass is 9.85. The molecule has 1 aliphatic carbocycles. The van der Waals surface area contributed by atoms with Gasteiger partial charge in [-0.05, 0) is 31.9 Å². The number of benzene rings is 1. The number of carbonyl (C=O) groups excluding carboxylic acids is 2. The number of carbonyl (C=O) groups is 2. The summed E-state index contributed by atoms with van der Waals surface area (Å²) in [4.78, 5) is 27.5. The molecule has 3 unspecified atom stereocenters. The lowest BCUT2D eigenvalue weighted by Crippen LogP contribution is -2.44. The zero-order valence-electron chi connectivity index (χ0n) is 16.3. The number of nitrogens with zero attached hydrogens (tertiary/aromatic N) is 1. The molecular weight excluding hydrogens is 401 g/mol. The van der Waals surface area contributed by atoms with Crippen LogP contribution in [0.3, 0.4) is 0 Å². The smallest absolute Gasteiger partial charge is 0.201 e. The Balaban J connectivity index is 1.92. The predicted molar refractivity (Wildman–Crippen MR) is 109 cm³/mol. The highest BCUT2D eigenvalue weighted by atomic mass is 35.5. The first-order valence-electron chi connectivity index (χ1n) is 9.52. The van der Waals surface area contributed by atoms with Crippen molar-refractivity contribution < 1.29 is 19.4 Å². The molecule has 1 N–H and O–H groups in total. The monoisotopic (exact) mass is 425 g/mol. The van der Waals surface area contributed by atoms with Gasteiger partial charge in [-0.1, -0.05) is 30.1 Å². The van der Waals surface area contributed by atoms with Gasteiger partial charge in [-0.15, -0.1) is 0 Å². The van der Waals surface area contributed by atoms with E-state index in [0.717, 1.165) is 13.1 Å². The second kappa shape index (κ2) is 8.54. The van der Waals surface area contributed by atoms with Crippen LogP contribution in [0, 0.1) is 5.92 Å². The summed E-state index contributed by atoms with van der Waals surface area (Å²) in [5, 5.41) is 10.9. The molecule has 0 saturated carbocycles. The molecule has 5 nitrogen and oxygen atoms in total. The molecule has 1 aliphatic heterocycles. The van der Waals surface area contributed by atoms with Crippen molar-refractivity contribution in [1.29, 1.82) is 0 Å². The number of halogens is 2. The van der Waals surface area contributed by atoms with Crippen LogP contribution in [-0.4, -0.2) is 46.9 Å². The molecule has 3 rings (SSSR count). The molecule has 3 atom stereocenters. The molecule has 1 heterocycles. The summed E-state index contributed by atoms with van der Waals surface area (Å²) >= 11 is 12.9. The fourth-order valence-electron chi connectivity index (χ4n) is 4.03. The number of ketones is 2. The molecular formula is C21H25Cl2NO4. The van der Waals surface area contributed by atoms with Crippen molar-refractivity contribution in [1.82, 2.24) is 4.90 Å². The maximum absolute atomic E-state index is 13.0. The number of allylic oxidation sites excluding steroid dienone is 2. The van der Waals surface area contributed by atoms with E-state index < -0.39 is 5.78 Å². The van der Waals surface area contributed by atoms with Crippen molar-refractivity contribution in [2.75, 3.05) is 13.1 Å². The zero-order chi connectivity index (χ0) is 20.6. The Bertz CT molecular complexity index is 826. The summed E-state index contributed by atoms with van der Waals surface area (Å²) in [5.74, 6) is -1.02. The van der Waals surface area contributed by atoms with Gasteiger partial charge in [-0.3, -0.25) is 14.5 Å². The van der Waals surface area contributed by atoms with E-state index in [2.05, 4.69) is 4.90 Å². The van der Waals surface area contributed by atoms with E-state index in [9.17, 15) is 14.7 Å². The molecule has 1 aromatic carbocycles. The number of aliphatic hydroxyl groups is 1. The fraction of sp³-hybridized carbons (Fsp3) is 0.524. The largest absolute Gasteiger partial charge is 0.511 e. The standard InChI is InChI=1S/C21H25Cl2NO4/c1-11-6-17(25)19(18(26)7-11)21(27)14-4-5-16(22)15(20(14)23)10-24-8-12(2)28-13(3)9-24/h4-5,11-13,25H,6-10H2,1-3H3. The molecule has 1 fully saturated rings. The molecule has 28 heavy (non-hydrogen) atoms. The summed E-state index contributed by atoms with van der Waals surface area (Å²) in [6.45, 7) is 7.84. The summed E-state index contributed by atoms with van der Waals surface area (Å²) < 4.78 is 5.75. The van der Waals surface area contributed by atoms with Crippen molar-refractivity contribution in [3.63, 3.8) is 0 Å². The minimum Gasteiger partial charge on any atom is -0.511 e. The highest BCUT2D eigenvalue weighted by molar-refractivity contribution is 6.40. The molecule has 7 heteroatoms. The van der Waals surface area contributed by atoms with Gasteiger partial charge in [0.15, 0.2) is 5.78 Å². The Morgan fingerprint density at radius 2 is 1.82 bits per heavy atom. The first kappa shape index (κ1) is 21.3. The van der Waals surface area contributed by atoms with E-state index in [1.165, 1.54) is 6.07 Å². The molecule has 1 aromatic rings. The highest BCUT2D eigenvalue weighted by Crippen LogP contribution is 2.34. The van der Waals surface area contributed by atoms with E-state index in [4.69, 9.17) is 27.9 Å². The number of hydrogen-bond donors (Lipinski definition) is 1. The maximum Gasteiger partial charge on any atom is 0.201 e. The molecule has 0 amide bonds. The van der Waals surface area contributed by atoms with E-state index in [-0.39, 0.29) is 52.2 Å². The Morgan fingerprint density at radius 3 is 2.43 bits per heavy atom. The van der Waals surface area contributed by atoms with Crippen LogP contribution >= 0.6 is 23.2 Å². The first-order valence-corrected chi connectivity index (χ1v) is 10.3. The van der Waals surface area contributed by atoms with E-state index >= 15 is 0 Å². The van der Waals surface area contributed by atoms with E-state index in [1.807, 2.05) is 20.8 Å². The second-order valence-corrected chi connectivity index (χ2v) is 8.71. The van der Waals surface area contributed by atoms with Crippen LogP contribution in [0.25, 0.3) is 0 Å². The van der Waals surface area contributed by atoms with Crippen LogP contribution in [0.15, 0.2) is 23.5 Å². The van der Waals surface area contributed by atoms with Crippen molar-refractivity contribution in [3.8, 4) is 0 Å². The molecule has 152 valence electrons. The number of hydrogen-bond acceptors (Lipinski definition) is 5. The quantitative estimate of drug-likeness (QED) is 0.563. The van der Waals surface area contributed by atoms with Gasteiger partial charge in [0.2, 0.25) is 5.78 Å². The highest BCUT2D eigenvalue weighted by Gasteiger charge is 2.32. The molecule has 0 aromatic heterocycles. The Morgan fingerprint density at radius 1 is 1.18 bits per heavy atom. The van der Waals surface area contributed by atoms with Gasteiger partial charge in [0, 0.05) is 48.6 Å². The van der Waals surface area contributed by atoms with Gasteiger partial charge >= 0.3 is 0 Å². The Kier molecular flexibility index (Phi) is 6.50. The van der Waals surface area contributed by atoms with Gasteiger partial charge < -0.3 is 9.84 Å². The van der Waals surface area contributed by atoms with Gasteiger partial charge in [0.1, 0.15) is 11.3 Å². The zero-order valence-corrected chi connectivity index (χ0v) is 17.8. The molecule has 2 aliphatic rings. The minimum atomic E-state index is -0.541. The number of Topliss-reactive ketones (excluding diaryl/α,β-unsaturated/α-hetero) is 2. The summed E-state index contributed by atoms with van der Waals surface area (Å²) in [5.41, 5.74) is 0.689. The third kappa shape index (κ3) is 4.43. The molecule has 0 bridgehead atoms. The lowest BCUT2D eigenvalue weighted by molar-refractivity contribution is -0.116. The number of ether oxygens (including phenoxy) is 1. The second-order valence-electron chi connectivity index (χ2n) is 7.93. The van der Waals surface area contributed by atoms with Crippen LogP contribution in [0.2, 0.25) is 10.0 Å². The SMILES string of the molecule is CC1CC(=O)C(C(=O)c2ccc(Cl)c(CN3CC(C)OC(C)C3)c2Cl)=C(O)C1. The van der Waals surface area contributed by atoms with Crippen LogP contribution in [0.4, 0.5) is 0 Å². The maximum atomic E-state index is 13.0. The summed E-state index contributed by atoms with van der Waals surface area (Å²) in [6.07, 6.45) is 0.742. The van der Waals surface area contributed by atoms with Crippen molar-refractivity contribution in [3.05, 3.63) is 44.6 Å². The Hall–Kier alpha value is -1.40. The number of aliphatic hydroxyl groups excluding tert-OH is 1. The summed E-state index contributed by atoms with van der Waals surface area (Å²) in [6, 6.07) is 3.14. The predicted octanol–water partition coefficient (Wildman–Crippen LogP) is 4.60. The van der Waals surface area contributed by atoms with E-state index in [1.54, 1.807) is 6.07 Å². The van der Waals surface area contributed by atoms with Crippen LogP contribution in [0.5, 0.6) is 0 Å². The van der Waals surface area contributed by atoms with Gasteiger partial charge in [-0.25, -0.2) is 0 Å². The lowest BCUT2D eigenvalue weighted by Gasteiger charge is -2.35. The van der Waals surface area contributed by atoms with Crippen molar-refractivity contribution >= 4 is 34.8 Å². The fourth-order valence-corrected chi connectivity index (χ4v) is 4.61. The first-order chi connectivity index (χ1) is 13.2. The number of rotatable bonds is 4. The average molecular weight is 426 g/mol. The van der Waals surface area contributed by atoms with Crippen molar-refractivity contribution in [2.24, 2.45) is 5.92 Å². The van der Waals surface area contributed by atoms with Gasteiger partial charge in [-0.2, -0.15) is 0 Å². The normalized spacial score (nSPS) is 26.6. The van der Waals surface area contributed by atoms with Gasteiger partial charge in [0.05, 0.1) is 17.2 Å². The Labute approximate surface area is 175 Å². The van der Waals surface area contributed by atoms with E-state index in [0.29, 0.717) is 23.6 Å². The third-order valence-electron chi connectivity index (χ3n) is 5.18. The van der Waals surface area contributed by atoms with Crippen LogP contribution in [-0.2, 0) is 16.1 Å². The molecule has 0 spiro atoms. The molecule has 1 saturated heterocycles. The summed E-state index contributed by atoms with van der Waals surface area (Å²) in [7, 11) is 0. The van der Waals surface area contributed by atoms with Crippen molar-refractivity contribution in [2.45, 2.75) is 52.4 Å². The average Bonchev–Trinajstić information content (AvgIpc) is 2.56. The minimum absolute atomic E-state index is 0.0191.